The standard InChI is InChI=1S/C11H13BrO3/c1-14-11(15-2)7-10(13)8-3-5-9(12)6-4-8/h3-6,11H,7H2,1-2H3. The van der Waals surface area contributed by atoms with Gasteiger partial charge in [-0.05, 0) is 12.1 Å². The average molecular weight is 273 g/mol. The van der Waals surface area contributed by atoms with E-state index in [1.165, 1.54) is 14.2 Å². The second-order valence-corrected chi connectivity index (χ2v) is 3.95. The molecule has 1 rings (SSSR count). The van der Waals surface area contributed by atoms with Crippen LogP contribution in [0.15, 0.2) is 28.7 Å². The van der Waals surface area contributed by atoms with E-state index in [9.17, 15) is 4.79 Å². The van der Waals surface area contributed by atoms with E-state index >= 15 is 0 Å². The summed E-state index contributed by atoms with van der Waals surface area (Å²) in [5, 5.41) is 0. The molecule has 0 heterocycles. The van der Waals surface area contributed by atoms with E-state index in [1.54, 1.807) is 12.1 Å². The summed E-state index contributed by atoms with van der Waals surface area (Å²) < 4.78 is 10.9. The summed E-state index contributed by atoms with van der Waals surface area (Å²) in [4.78, 5) is 11.7. The minimum Gasteiger partial charge on any atom is -0.355 e. The number of ether oxygens (including phenoxy) is 2. The van der Waals surface area contributed by atoms with Crippen LogP contribution in [0.3, 0.4) is 0 Å². The van der Waals surface area contributed by atoms with Crippen LogP contribution in [-0.4, -0.2) is 26.3 Å². The molecule has 0 aliphatic heterocycles. The Morgan fingerprint density at radius 3 is 2.27 bits per heavy atom. The minimum atomic E-state index is -0.471. The summed E-state index contributed by atoms with van der Waals surface area (Å²) in [5.74, 6) is 0.0104. The van der Waals surface area contributed by atoms with Crippen molar-refractivity contribution in [3.63, 3.8) is 0 Å². The number of carbonyl (C=O) groups excluding carboxylic acids is 1. The number of Topliss-reactive ketones (excluding diaryl/α,β-unsaturated/α-hetero) is 1. The summed E-state index contributed by atoms with van der Waals surface area (Å²) in [5.41, 5.74) is 0.664. The van der Waals surface area contributed by atoms with Gasteiger partial charge in [-0.3, -0.25) is 4.79 Å². The molecular weight excluding hydrogens is 260 g/mol. The Balaban J connectivity index is 2.64. The van der Waals surface area contributed by atoms with E-state index < -0.39 is 6.29 Å². The van der Waals surface area contributed by atoms with Crippen LogP contribution in [-0.2, 0) is 9.47 Å². The quantitative estimate of drug-likeness (QED) is 0.611. The van der Waals surface area contributed by atoms with E-state index in [4.69, 9.17) is 9.47 Å². The van der Waals surface area contributed by atoms with Crippen molar-refractivity contribution in [2.45, 2.75) is 12.7 Å². The maximum atomic E-state index is 11.7. The van der Waals surface area contributed by atoms with Gasteiger partial charge in [0.15, 0.2) is 12.1 Å². The summed E-state index contributed by atoms with van der Waals surface area (Å²) in [6, 6.07) is 7.22. The summed E-state index contributed by atoms with van der Waals surface area (Å²) in [7, 11) is 3.03. The summed E-state index contributed by atoms with van der Waals surface area (Å²) in [6.07, 6.45) is -0.240. The molecule has 0 bridgehead atoms. The van der Waals surface area contributed by atoms with Crippen LogP contribution < -0.4 is 0 Å². The van der Waals surface area contributed by atoms with Crippen molar-refractivity contribution in [2.75, 3.05) is 14.2 Å². The third-order valence-electron chi connectivity index (χ3n) is 2.04. The lowest BCUT2D eigenvalue weighted by Crippen LogP contribution is -2.18. The molecule has 0 aromatic heterocycles. The molecular formula is C11H13BrO3. The van der Waals surface area contributed by atoms with Gasteiger partial charge in [-0.15, -0.1) is 0 Å². The van der Waals surface area contributed by atoms with E-state index in [1.807, 2.05) is 12.1 Å². The molecule has 0 fully saturated rings. The highest BCUT2D eigenvalue weighted by molar-refractivity contribution is 9.10. The van der Waals surface area contributed by atoms with Crippen molar-refractivity contribution in [1.82, 2.24) is 0 Å². The van der Waals surface area contributed by atoms with Crippen molar-refractivity contribution < 1.29 is 14.3 Å². The normalized spacial score (nSPS) is 10.7. The molecule has 0 radical (unpaired) electrons. The molecule has 0 aliphatic rings. The predicted molar refractivity (Wildman–Crippen MR) is 60.9 cm³/mol. The van der Waals surface area contributed by atoms with E-state index in [-0.39, 0.29) is 12.2 Å². The van der Waals surface area contributed by atoms with Crippen molar-refractivity contribution in [2.24, 2.45) is 0 Å². The predicted octanol–water partition coefficient (Wildman–Crippen LogP) is 2.64. The molecule has 0 amide bonds. The van der Waals surface area contributed by atoms with Gasteiger partial charge in [-0.1, -0.05) is 28.1 Å². The molecule has 82 valence electrons. The highest BCUT2D eigenvalue weighted by Crippen LogP contribution is 2.13. The second kappa shape index (κ2) is 6.00. The van der Waals surface area contributed by atoms with Crippen LogP contribution >= 0.6 is 15.9 Å². The Morgan fingerprint density at radius 2 is 1.80 bits per heavy atom. The Morgan fingerprint density at radius 1 is 1.27 bits per heavy atom. The number of hydrogen-bond donors (Lipinski definition) is 0. The lowest BCUT2D eigenvalue weighted by Gasteiger charge is -2.11. The fourth-order valence-corrected chi connectivity index (χ4v) is 1.43. The lowest BCUT2D eigenvalue weighted by atomic mass is 10.1. The van der Waals surface area contributed by atoms with Gasteiger partial charge in [0.2, 0.25) is 0 Å². The summed E-state index contributed by atoms with van der Waals surface area (Å²) >= 11 is 3.31. The van der Waals surface area contributed by atoms with E-state index in [0.717, 1.165) is 4.47 Å². The molecule has 0 saturated carbocycles. The number of methoxy groups -OCH3 is 2. The third kappa shape index (κ3) is 3.74. The van der Waals surface area contributed by atoms with E-state index in [0.29, 0.717) is 5.56 Å². The smallest absolute Gasteiger partial charge is 0.167 e. The SMILES string of the molecule is COC(CC(=O)c1ccc(Br)cc1)OC. The lowest BCUT2D eigenvalue weighted by molar-refractivity contribution is -0.0993. The largest absolute Gasteiger partial charge is 0.355 e. The Labute approximate surface area is 97.5 Å². The zero-order valence-electron chi connectivity index (χ0n) is 8.70. The highest BCUT2D eigenvalue weighted by atomic mass is 79.9. The number of rotatable bonds is 5. The van der Waals surface area contributed by atoms with Crippen LogP contribution in [0.2, 0.25) is 0 Å². The average Bonchev–Trinajstić information content (AvgIpc) is 2.26. The molecule has 1 aromatic carbocycles. The maximum Gasteiger partial charge on any atom is 0.167 e. The van der Waals surface area contributed by atoms with Crippen molar-refractivity contribution in [3.8, 4) is 0 Å². The van der Waals surface area contributed by atoms with Crippen molar-refractivity contribution in [1.29, 1.82) is 0 Å². The molecule has 0 spiro atoms. The third-order valence-corrected chi connectivity index (χ3v) is 2.57. The van der Waals surface area contributed by atoms with Crippen molar-refractivity contribution in [3.05, 3.63) is 34.3 Å². The molecule has 1 aromatic rings. The minimum absolute atomic E-state index is 0.0104. The maximum absolute atomic E-state index is 11.7. The van der Waals surface area contributed by atoms with Crippen LogP contribution in [0.1, 0.15) is 16.8 Å². The zero-order valence-corrected chi connectivity index (χ0v) is 10.3. The number of carbonyl (C=O) groups is 1. The van der Waals surface area contributed by atoms with Gasteiger partial charge >= 0.3 is 0 Å². The number of benzene rings is 1. The molecule has 15 heavy (non-hydrogen) atoms. The van der Waals surface area contributed by atoms with Crippen LogP contribution in [0.25, 0.3) is 0 Å². The van der Waals surface area contributed by atoms with Crippen LogP contribution in [0.4, 0.5) is 0 Å². The van der Waals surface area contributed by atoms with E-state index in [2.05, 4.69) is 15.9 Å². The first kappa shape index (κ1) is 12.4. The molecule has 0 saturated heterocycles. The van der Waals surface area contributed by atoms with Gasteiger partial charge < -0.3 is 9.47 Å². The number of ketones is 1. The second-order valence-electron chi connectivity index (χ2n) is 3.04. The first-order valence-electron chi connectivity index (χ1n) is 4.51. The van der Waals surface area contributed by atoms with Gasteiger partial charge in [0, 0.05) is 24.3 Å². The Kier molecular flexibility index (Phi) is 4.94. The van der Waals surface area contributed by atoms with Crippen molar-refractivity contribution >= 4 is 21.7 Å². The molecule has 0 aliphatic carbocycles. The number of hydrogen-bond acceptors (Lipinski definition) is 3. The molecule has 4 heteroatoms. The summed E-state index contributed by atoms with van der Waals surface area (Å²) in [6.45, 7) is 0. The van der Waals surface area contributed by atoms with Gasteiger partial charge in [0.1, 0.15) is 0 Å². The zero-order chi connectivity index (χ0) is 11.3. The fourth-order valence-electron chi connectivity index (χ4n) is 1.17. The van der Waals surface area contributed by atoms with Crippen LogP contribution in [0, 0.1) is 0 Å². The molecule has 0 N–H and O–H groups in total. The molecule has 3 nitrogen and oxygen atoms in total. The fraction of sp³-hybridized carbons (Fsp3) is 0.364. The van der Waals surface area contributed by atoms with Crippen LogP contribution in [0.5, 0.6) is 0 Å². The molecule has 0 unspecified atom stereocenters. The topological polar surface area (TPSA) is 35.5 Å². The Bertz CT molecular complexity index is 317. The molecule has 0 atom stereocenters. The monoisotopic (exact) mass is 272 g/mol. The first-order valence-corrected chi connectivity index (χ1v) is 5.31. The van der Waals surface area contributed by atoms with Gasteiger partial charge in [-0.25, -0.2) is 0 Å². The number of halogens is 1. The highest BCUT2D eigenvalue weighted by Gasteiger charge is 2.13. The van der Waals surface area contributed by atoms with Gasteiger partial charge in [0.05, 0.1) is 6.42 Å². The first-order chi connectivity index (χ1) is 7.17. The van der Waals surface area contributed by atoms with Gasteiger partial charge in [-0.2, -0.15) is 0 Å². The van der Waals surface area contributed by atoms with Gasteiger partial charge in [0.25, 0.3) is 0 Å². The Hall–Kier alpha value is -0.710.